The fourth-order valence-corrected chi connectivity index (χ4v) is 2.97. The number of hydrogen-bond donors (Lipinski definition) is 3. The monoisotopic (exact) mass is 439 g/mol. The summed E-state index contributed by atoms with van der Waals surface area (Å²) >= 11 is 17.2. The molecule has 0 bridgehead atoms. The number of nitrogens with one attached hydrogen (secondary N) is 3. The van der Waals surface area contributed by atoms with Crippen LogP contribution in [0, 0.1) is 5.92 Å². The van der Waals surface area contributed by atoms with Crippen LogP contribution >= 0.6 is 35.4 Å². The molecule has 0 aromatic heterocycles. The molecule has 2 amide bonds. The van der Waals surface area contributed by atoms with E-state index in [4.69, 9.17) is 40.2 Å². The summed E-state index contributed by atoms with van der Waals surface area (Å²) < 4.78 is 5.16. The predicted molar refractivity (Wildman–Crippen MR) is 117 cm³/mol. The lowest BCUT2D eigenvalue weighted by Gasteiger charge is -2.13. The standard InChI is InChI=1S/C19H19Cl2N3O3S/c1-10(2)17(25)22-12-4-6-13(7-5-12)23-19(28)24-18(26)14-8-11(20)9-15(21)16(14)27-3/h4-10H,1-3H3,(H,22,25)(H2,23,24,26,28). The first kappa shape index (κ1) is 21.9. The summed E-state index contributed by atoms with van der Waals surface area (Å²) in [6.45, 7) is 3.63. The van der Waals surface area contributed by atoms with Gasteiger partial charge in [-0.25, -0.2) is 0 Å². The Balaban J connectivity index is 2.02. The van der Waals surface area contributed by atoms with E-state index in [0.717, 1.165) is 0 Å². The Morgan fingerprint density at radius 3 is 2.14 bits per heavy atom. The van der Waals surface area contributed by atoms with Crippen LogP contribution in [0.15, 0.2) is 36.4 Å². The van der Waals surface area contributed by atoms with Crippen LogP contribution < -0.4 is 20.7 Å². The second-order valence-electron chi connectivity index (χ2n) is 6.10. The molecule has 0 aliphatic heterocycles. The van der Waals surface area contributed by atoms with Crippen molar-refractivity contribution < 1.29 is 14.3 Å². The molecule has 0 atom stereocenters. The van der Waals surface area contributed by atoms with Gasteiger partial charge < -0.3 is 15.4 Å². The quantitative estimate of drug-likeness (QED) is 0.587. The van der Waals surface area contributed by atoms with E-state index < -0.39 is 5.91 Å². The molecule has 2 aromatic carbocycles. The maximum Gasteiger partial charge on any atom is 0.261 e. The lowest BCUT2D eigenvalue weighted by molar-refractivity contribution is -0.118. The molecule has 2 rings (SSSR count). The molecule has 0 fully saturated rings. The molecule has 0 saturated carbocycles. The molecule has 6 nitrogen and oxygen atoms in total. The normalized spacial score (nSPS) is 10.4. The smallest absolute Gasteiger partial charge is 0.261 e. The fraction of sp³-hybridized carbons (Fsp3) is 0.211. The number of halogens is 2. The summed E-state index contributed by atoms with van der Waals surface area (Å²) in [6, 6.07) is 9.83. The van der Waals surface area contributed by atoms with E-state index in [9.17, 15) is 9.59 Å². The minimum absolute atomic E-state index is 0.0716. The molecule has 0 heterocycles. The minimum Gasteiger partial charge on any atom is -0.494 e. The summed E-state index contributed by atoms with van der Waals surface area (Å²) in [5.41, 5.74) is 1.47. The molecule has 0 saturated heterocycles. The molecular formula is C19H19Cl2N3O3S. The molecule has 148 valence electrons. The van der Waals surface area contributed by atoms with Gasteiger partial charge in [0.25, 0.3) is 5.91 Å². The molecule has 0 aliphatic rings. The maximum atomic E-state index is 12.5. The first-order valence-electron chi connectivity index (χ1n) is 8.27. The largest absolute Gasteiger partial charge is 0.494 e. The van der Waals surface area contributed by atoms with Gasteiger partial charge in [-0.2, -0.15) is 0 Å². The lowest BCUT2D eigenvalue weighted by Crippen LogP contribution is -2.34. The van der Waals surface area contributed by atoms with Gasteiger partial charge in [-0.05, 0) is 48.6 Å². The number of anilines is 2. The third-order valence-electron chi connectivity index (χ3n) is 3.62. The number of amides is 2. The second-order valence-corrected chi connectivity index (χ2v) is 7.35. The van der Waals surface area contributed by atoms with Crippen LogP contribution in [0.3, 0.4) is 0 Å². The summed E-state index contributed by atoms with van der Waals surface area (Å²) in [6.07, 6.45) is 0. The number of hydrogen-bond acceptors (Lipinski definition) is 4. The average Bonchev–Trinajstić information content (AvgIpc) is 2.62. The fourth-order valence-electron chi connectivity index (χ4n) is 2.19. The van der Waals surface area contributed by atoms with Crippen molar-refractivity contribution in [3.8, 4) is 5.75 Å². The number of methoxy groups -OCH3 is 1. The first-order chi connectivity index (χ1) is 13.2. The zero-order valence-corrected chi connectivity index (χ0v) is 17.8. The molecule has 0 aliphatic carbocycles. The van der Waals surface area contributed by atoms with Crippen LogP contribution in [0.25, 0.3) is 0 Å². The van der Waals surface area contributed by atoms with E-state index in [1.807, 2.05) is 13.8 Å². The molecular weight excluding hydrogens is 421 g/mol. The highest BCUT2D eigenvalue weighted by Crippen LogP contribution is 2.32. The van der Waals surface area contributed by atoms with Crippen molar-refractivity contribution in [2.24, 2.45) is 5.92 Å². The van der Waals surface area contributed by atoms with Gasteiger partial charge in [0.05, 0.1) is 17.7 Å². The van der Waals surface area contributed by atoms with Gasteiger partial charge in [-0.3, -0.25) is 14.9 Å². The molecule has 9 heteroatoms. The van der Waals surface area contributed by atoms with Gasteiger partial charge in [0, 0.05) is 22.3 Å². The third kappa shape index (κ3) is 5.82. The molecule has 0 radical (unpaired) electrons. The summed E-state index contributed by atoms with van der Waals surface area (Å²) in [5.74, 6) is -0.494. The highest BCUT2D eigenvalue weighted by Gasteiger charge is 2.18. The van der Waals surface area contributed by atoms with Crippen LogP contribution in [-0.4, -0.2) is 24.0 Å². The molecule has 28 heavy (non-hydrogen) atoms. The van der Waals surface area contributed by atoms with Crippen LogP contribution in [-0.2, 0) is 4.79 Å². The second kappa shape index (κ2) is 9.73. The summed E-state index contributed by atoms with van der Waals surface area (Å²) in [5, 5.41) is 8.84. The highest BCUT2D eigenvalue weighted by molar-refractivity contribution is 7.80. The predicted octanol–water partition coefficient (Wildman–Crippen LogP) is 4.72. The van der Waals surface area contributed by atoms with Crippen LogP contribution in [0.2, 0.25) is 10.0 Å². The van der Waals surface area contributed by atoms with Crippen LogP contribution in [0.5, 0.6) is 5.75 Å². The maximum absolute atomic E-state index is 12.5. The SMILES string of the molecule is COc1c(Cl)cc(Cl)cc1C(=O)NC(=S)Nc1ccc(NC(=O)C(C)C)cc1. The van der Waals surface area contributed by atoms with Crippen molar-refractivity contribution in [1.29, 1.82) is 0 Å². The Hall–Kier alpha value is -2.35. The number of carbonyl (C=O) groups excluding carboxylic acids is 2. The minimum atomic E-state index is -0.514. The van der Waals surface area contributed by atoms with Gasteiger partial charge in [0.2, 0.25) is 5.91 Å². The van der Waals surface area contributed by atoms with Gasteiger partial charge >= 0.3 is 0 Å². The number of rotatable bonds is 5. The van der Waals surface area contributed by atoms with Crippen LogP contribution in [0.1, 0.15) is 24.2 Å². The Labute approximate surface area is 178 Å². The number of thiocarbonyl (C=S) groups is 1. The first-order valence-corrected chi connectivity index (χ1v) is 9.44. The molecule has 0 unspecified atom stereocenters. The van der Waals surface area contributed by atoms with E-state index in [-0.39, 0.29) is 33.3 Å². The van der Waals surface area contributed by atoms with E-state index in [1.54, 1.807) is 24.3 Å². The number of benzene rings is 2. The highest BCUT2D eigenvalue weighted by atomic mass is 35.5. The number of carbonyl (C=O) groups is 2. The third-order valence-corrected chi connectivity index (χ3v) is 4.32. The van der Waals surface area contributed by atoms with E-state index in [1.165, 1.54) is 19.2 Å². The Morgan fingerprint density at radius 2 is 1.61 bits per heavy atom. The van der Waals surface area contributed by atoms with Crippen molar-refractivity contribution in [3.05, 3.63) is 52.0 Å². The van der Waals surface area contributed by atoms with Crippen LogP contribution in [0.4, 0.5) is 11.4 Å². The lowest BCUT2D eigenvalue weighted by atomic mass is 10.2. The van der Waals surface area contributed by atoms with Crippen molar-refractivity contribution in [2.75, 3.05) is 17.7 Å². The summed E-state index contributed by atoms with van der Waals surface area (Å²) in [7, 11) is 1.40. The Kier molecular flexibility index (Phi) is 7.62. The van der Waals surface area contributed by atoms with E-state index in [2.05, 4.69) is 16.0 Å². The van der Waals surface area contributed by atoms with Gasteiger partial charge in [-0.1, -0.05) is 37.0 Å². The summed E-state index contributed by atoms with van der Waals surface area (Å²) in [4.78, 5) is 24.2. The van der Waals surface area contributed by atoms with Gasteiger partial charge in [0.1, 0.15) is 5.75 Å². The topological polar surface area (TPSA) is 79.5 Å². The van der Waals surface area contributed by atoms with E-state index >= 15 is 0 Å². The zero-order valence-electron chi connectivity index (χ0n) is 15.4. The molecule has 2 aromatic rings. The average molecular weight is 440 g/mol. The Morgan fingerprint density at radius 1 is 1.04 bits per heavy atom. The van der Waals surface area contributed by atoms with Crippen molar-refractivity contribution in [1.82, 2.24) is 5.32 Å². The number of ether oxygens (including phenoxy) is 1. The van der Waals surface area contributed by atoms with Crippen molar-refractivity contribution >= 4 is 63.7 Å². The molecule has 0 spiro atoms. The van der Waals surface area contributed by atoms with Crippen molar-refractivity contribution in [2.45, 2.75) is 13.8 Å². The zero-order chi connectivity index (χ0) is 20.8. The Bertz CT molecular complexity index is 902. The van der Waals surface area contributed by atoms with E-state index in [0.29, 0.717) is 16.4 Å². The van der Waals surface area contributed by atoms with Crippen molar-refractivity contribution in [3.63, 3.8) is 0 Å². The van der Waals surface area contributed by atoms with Gasteiger partial charge in [0.15, 0.2) is 5.11 Å². The molecule has 3 N–H and O–H groups in total. The van der Waals surface area contributed by atoms with Gasteiger partial charge in [-0.15, -0.1) is 0 Å².